The lowest BCUT2D eigenvalue weighted by atomic mass is 10.1. The fourth-order valence-electron chi connectivity index (χ4n) is 2.98. The second kappa shape index (κ2) is 12.2. The summed E-state index contributed by atoms with van der Waals surface area (Å²) in [5.74, 6) is 3.00. The molecule has 0 saturated heterocycles. The number of benzene rings is 1. The van der Waals surface area contributed by atoms with E-state index in [0.717, 1.165) is 41.6 Å². The third-order valence-corrected chi connectivity index (χ3v) is 4.94. The van der Waals surface area contributed by atoms with Gasteiger partial charge in [-0.15, -0.1) is 0 Å². The first-order chi connectivity index (χ1) is 15.2. The van der Waals surface area contributed by atoms with Crippen LogP contribution in [0.25, 0.3) is 0 Å². The highest BCUT2D eigenvalue weighted by atomic mass is 16.5. The van der Waals surface area contributed by atoms with Crippen LogP contribution in [-0.4, -0.2) is 44.4 Å². The summed E-state index contributed by atoms with van der Waals surface area (Å²) in [6, 6.07) is 10.2. The van der Waals surface area contributed by atoms with Crippen molar-refractivity contribution in [3.63, 3.8) is 0 Å². The summed E-state index contributed by atoms with van der Waals surface area (Å²) < 4.78 is 16.8. The molecule has 0 radical (unpaired) electrons. The molecule has 0 unspecified atom stereocenters. The van der Waals surface area contributed by atoms with E-state index in [4.69, 9.17) is 19.2 Å². The fraction of sp³-hybridized carbons (Fsp3) is 0.500. The first kappa shape index (κ1) is 22.9. The van der Waals surface area contributed by atoms with Crippen LogP contribution < -0.4 is 20.1 Å². The molecule has 1 fully saturated rings. The molecule has 2 N–H and O–H groups in total. The van der Waals surface area contributed by atoms with Crippen LogP contribution in [0, 0.1) is 12.8 Å². The Morgan fingerprint density at radius 2 is 2.00 bits per heavy atom. The number of guanidine groups is 1. The molecule has 0 atom stereocenters. The van der Waals surface area contributed by atoms with E-state index in [0.29, 0.717) is 38.1 Å². The number of aromatic nitrogens is 1. The lowest BCUT2D eigenvalue weighted by molar-refractivity contribution is 0.145. The topological polar surface area (TPSA) is 77.0 Å². The smallest absolute Gasteiger partial charge is 0.213 e. The molecule has 1 saturated carbocycles. The fourth-order valence-corrected chi connectivity index (χ4v) is 2.98. The number of rotatable bonds is 12. The van der Waals surface area contributed by atoms with Gasteiger partial charge in [-0.05, 0) is 55.9 Å². The van der Waals surface area contributed by atoms with Gasteiger partial charge < -0.3 is 24.8 Å². The molecule has 0 spiro atoms. The molecule has 1 heterocycles. The zero-order valence-corrected chi connectivity index (χ0v) is 18.8. The summed E-state index contributed by atoms with van der Waals surface area (Å²) in [5, 5.41) is 6.70. The summed E-state index contributed by atoms with van der Waals surface area (Å²) in [6.45, 7) is 7.89. The van der Waals surface area contributed by atoms with Crippen molar-refractivity contribution in [3.8, 4) is 11.6 Å². The predicted octanol–water partition coefficient (Wildman–Crippen LogP) is 3.46. The van der Waals surface area contributed by atoms with Crippen molar-refractivity contribution in [1.82, 2.24) is 15.6 Å². The van der Waals surface area contributed by atoms with E-state index < -0.39 is 0 Å². The number of hydrogen-bond donors (Lipinski definition) is 2. The monoisotopic (exact) mass is 426 g/mol. The second-order valence-electron chi connectivity index (χ2n) is 7.76. The molecule has 168 valence electrons. The van der Waals surface area contributed by atoms with Crippen molar-refractivity contribution in [2.75, 3.05) is 33.5 Å². The van der Waals surface area contributed by atoms with Gasteiger partial charge in [0, 0.05) is 38.0 Å². The lowest BCUT2D eigenvalue weighted by Gasteiger charge is -2.15. The number of nitrogens with zero attached hydrogens (tertiary/aromatic N) is 2. The summed E-state index contributed by atoms with van der Waals surface area (Å²) in [6.07, 6.45) is 4.31. The highest BCUT2D eigenvalue weighted by molar-refractivity contribution is 5.79. The van der Waals surface area contributed by atoms with Crippen molar-refractivity contribution in [1.29, 1.82) is 0 Å². The Labute approximate surface area is 185 Å². The standard InChI is InChI=1S/C24H34N4O3/c1-4-25-24(27-15-20-9-10-26-23(14-20)31-17-19-6-7-19)28-16-21-8-5-18(2)13-22(21)30-12-11-29-3/h5,8-10,13-14,19H,4,6-7,11-12,15-17H2,1-3H3,(H2,25,27,28). The van der Waals surface area contributed by atoms with E-state index in [-0.39, 0.29) is 0 Å². The number of methoxy groups -OCH3 is 1. The number of pyridine rings is 1. The van der Waals surface area contributed by atoms with Gasteiger partial charge in [0.15, 0.2) is 5.96 Å². The molecule has 1 aliphatic rings. The minimum absolute atomic E-state index is 0.522. The van der Waals surface area contributed by atoms with Crippen molar-refractivity contribution < 1.29 is 14.2 Å². The Hall–Kier alpha value is -2.80. The molecular formula is C24H34N4O3. The molecule has 1 aromatic heterocycles. The van der Waals surface area contributed by atoms with E-state index in [9.17, 15) is 0 Å². The van der Waals surface area contributed by atoms with Crippen LogP contribution in [0.1, 0.15) is 36.5 Å². The lowest BCUT2D eigenvalue weighted by Crippen LogP contribution is -2.36. The average molecular weight is 427 g/mol. The highest BCUT2D eigenvalue weighted by Gasteiger charge is 2.22. The molecule has 1 aliphatic carbocycles. The van der Waals surface area contributed by atoms with Gasteiger partial charge in [-0.1, -0.05) is 12.1 Å². The van der Waals surface area contributed by atoms with Gasteiger partial charge in [-0.2, -0.15) is 0 Å². The van der Waals surface area contributed by atoms with Gasteiger partial charge in [0.2, 0.25) is 5.88 Å². The Bertz CT molecular complexity index is 852. The van der Waals surface area contributed by atoms with Crippen molar-refractivity contribution in [2.24, 2.45) is 10.9 Å². The average Bonchev–Trinajstić information content (AvgIpc) is 3.60. The Balaban J connectivity index is 1.59. The molecule has 7 heteroatoms. The third-order valence-electron chi connectivity index (χ3n) is 4.94. The summed E-state index contributed by atoms with van der Waals surface area (Å²) >= 11 is 0. The van der Waals surface area contributed by atoms with Crippen LogP contribution >= 0.6 is 0 Å². The molecular weight excluding hydrogens is 392 g/mol. The zero-order valence-electron chi connectivity index (χ0n) is 18.8. The number of aliphatic imine (C=N–C) groups is 1. The van der Waals surface area contributed by atoms with E-state index in [2.05, 4.69) is 47.7 Å². The molecule has 0 aliphatic heterocycles. The quantitative estimate of drug-likeness (QED) is 0.308. The maximum atomic E-state index is 5.89. The van der Waals surface area contributed by atoms with Crippen LogP contribution in [0.15, 0.2) is 41.5 Å². The van der Waals surface area contributed by atoms with Gasteiger partial charge in [0.05, 0.1) is 19.8 Å². The van der Waals surface area contributed by atoms with Crippen molar-refractivity contribution >= 4 is 5.96 Å². The van der Waals surface area contributed by atoms with E-state index in [1.165, 1.54) is 12.8 Å². The highest BCUT2D eigenvalue weighted by Crippen LogP contribution is 2.29. The van der Waals surface area contributed by atoms with Crippen LogP contribution in [0.4, 0.5) is 0 Å². The van der Waals surface area contributed by atoms with Crippen LogP contribution in [0.5, 0.6) is 11.6 Å². The number of hydrogen-bond acceptors (Lipinski definition) is 5. The minimum Gasteiger partial charge on any atom is -0.491 e. The molecule has 1 aromatic carbocycles. The summed E-state index contributed by atoms with van der Waals surface area (Å²) in [7, 11) is 1.67. The SMILES string of the molecule is CCNC(=NCc1ccnc(OCC2CC2)c1)NCc1ccc(C)cc1OCCOC. The van der Waals surface area contributed by atoms with Crippen molar-refractivity contribution in [2.45, 2.75) is 39.8 Å². The number of aryl methyl sites for hydroxylation is 1. The summed E-state index contributed by atoms with van der Waals surface area (Å²) in [5.41, 5.74) is 3.30. The predicted molar refractivity (Wildman–Crippen MR) is 123 cm³/mol. The number of ether oxygens (including phenoxy) is 3. The zero-order chi connectivity index (χ0) is 21.9. The number of nitrogens with one attached hydrogen (secondary N) is 2. The third kappa shape index (κ3) is 8.09. The van der Waals surface area contributed by atoms with Crippen molar-refractivity contribution in [3.05, 3.63) is 53.2 Å². The largest absolute Gasteiger partial charge is 0.491 e. The van der Waals surface area contributed by atoms with Gasteiger partial charge in [0.1, 0.15) is 12.4 Å². The molecule has 0 amide bonds. The second-order valence-corrected chi connectivity index (χ2v) is 7.76. The van der Waals surface area contributed by atoms with E-state index >= 15 is 0 Å². The van der Waals surface area contributed by atoms with Gasteiger partial charge in [-0.3, -0.25) is 0 Å². The van der Waals surface area contributed by atoms with Crippen LogP contribution in [0.3, 0.4) is 0 Å². The maximum absolute atomic E-state index is 5.89. The van der Waals surface area contributed by atoms with Crippen LogP contribution in [-0.2, 0) is 17.8 Å². The van der Waals surface area contributed by atoms with Gasteiger partial charge >= 0.3 is 0 Å². The molecule has 7 nitrogen and oxygen atoms in total. The molecule has 2 aromatic rings. The Morgan fingerprint density at radius 3 is 2.77 bits per heavy atom. The Morgan fingerprint density at radius 1 is 1.13 bits per heavy atom. The summed E-state index contributed by atoms with van der Waals surface area (Å²) in [4.78, 5) is 9.02. The molecule has 31 heavy (non-hydrogen) atoms. The first-order valence-electron chi connectivity index (χ1n) is 11.0. The van der Waals surface area contributed by atoms with E-state index in [1.807, 2.05) is 12.1 Å². The first-order valence-corrected chi connectivity index (χ1v) is 11.0. The minimum atomic E-state index is 0.522. The van der Waals surface area contributed by atoms with Gasteiger partial charge in [-0.25, -0.2) is 9.98 Å². The van der Waals surface area contributed by atoms with E-state index in [1.54, 1.807) is 13.3 Å². The molecule has 0 bridgehead atoms. The van der Waals surface area contributed by atoms with Gasteiger partial charge in [0.25, 0.3) is 0 Å². The maximum Gasteiger partial charge on any atom is 0.213 e. The van der Waals surface area contributed by atoms with Crippen LogP contribution in [0.2, 0.25) is 0 Å². The Kier molecular flexibility index (Phi) is 8.97. The molecule has 3 rings (SSSR count). The normalized spacial score (nSPS) is 13.7.